The van der Waals surface area contributed by atoms with Crippen LogP contribution >= 0.6 is 0 Å². The number of hydrogen-bond acceptors (Lipinski definition) is 5. The molecule has 1 aliphatic rings. The summed E-state index contributed by atoms with van der Waals surface area (Å²) in [5, 5.41) is 7.35. The lowest BCUT2D eigenvalue weighted by atomic mass is 10.0. The number of benzene rings is 1. The lowest BCUT2D eigenvalue weighted by Gasteiger charge is -2.19. The second-order valence-corrected chi connectivity index (χ2v) is 7.12. The highest BCUT2D eigenvalue weighted by molar-refractivity contribution is 6.18. The molecule has 3 aromatic rings. The second-order valence-electron chi connectivity index (χ2n) is 7.12. The molecule has 0 fully saturated rings. The third-order valence-electron chi connectivity index (χ3n) is 3.92. The fraction of sp³-hybridized carbons (Fsp3) is 0.222. The molecule has 3 heterocycles. The first-order valence-electron chi connectivity index (χ1n) is 8.35. The number of H-pyrrole nitrogens is 2. The lowest BCUT2D eigenvalue weighted by molar-refractivity contribution is 0.0635. The SMILES string of the molecule is CC(C)(C)OC(=O)Nc1cc2c3c(c(-c4ncc[nH]4)[nH]c3c1)C=NNC2=O. The summed E-state index contributed by atoms with van der Waals surface area (Å²) in [6, 6.07) is 3.34. The van der Waals surface area contributed by atoms with Crippen molar-refractivity contribution in [3.63, 3.8) is 0 Å². The summed E-state index contributed by atoms with van der Waals surface area (Å²) in [4.78, 5) is 35.1. The van der Waals surface area contributed by atoms with Gasteiger partial charge in [-0.1, -0.05) is 0 Å². The first-order chi connectivity index (χ1) is 12.8. The Morgan fingerprint density at radius 1 is 1.26 bits per heavy atom. The Balaban J connectivity index is 1.83. The topological polar surface area (TPSA) is 124 Å². The zero-order chi connectivity index (χ0) is 19.2. The monoisotopic (exact) mass is 366 g/mol. The van der Waals surface area contributed by atoms with E-state index in [9.17, 15) is 9.59 Å². The molecule has 4 rings (SSSR count). The minimum atomic E-state index is -0.628. The smallest absolute Gasteiger partial charge is 0.412 e. The van der Waals surface area contributed by atoms with E-state index >= 15 is 0 Å². The average molecular weight is 366 g/mol. The van der Waals surface area contributed by atoms with E-state index < -0.39 is 11.7 Å². The van der Waals surface area contributed by atoms with Crippen LogP contribution in [0.25, 0.3) is 22.4 Å². The lowest BCUT2D eigenvalue weighted by Crippen LogP contribution is -2.27. The number of imidazole rings is 1. The molecule has 0 saturated carbocycles. The van der Waals surface area contributed by atoms with E-state index in [1.54, 1.807) is 51.5 Å². The van der Waals surface area contributed by atoms with Crippen molar-refractivity contribution in [2.45, 2.75) is 26.4 Å². The maximum Gasteiger partial charge on any atom is 0.412 e. The van der Waals surface area contributed by atoms with Crippen LogP contribution in [0.4, 0.5) is 10.5 Å². The average Bonchev–Trinajstić information content (AvgIpc) is 3.16. The van der Waals surface area contributed by atoms with Gasteiger partial charge in [-0.3, -0.25) is 10.1 Å². The largest absolute Gasteiger partial charge is 0.444 e. The van der Waals surface area contributed by atoms with E-state index in [-0.39, 0.29) is 5.91 Å². The van der Waals surface area contributed by atoms with Crippen LogP contribution in [-0.4, -0.2) is 38.8 Å². The molecule has 0 bridgehead atoms. The number of carbonyl (C=O) groups is 2. The van der Waals surface area contributed by atoms with Gasteiger partial charge < -0.3 is 14.7 Å². The van der Waals surface area contributed by atoms with E-state index in [2.05, 4.69) is 30.8 Å². The molecule has 0 spiro atoms. The highest BCUT2D eigenvalue weighted by Crippen LogP contribution is 2.33. The number of anilines is 1. The summed E-state index contributed by atoms with van der Waals surface area (Å²) in [5.74, 6) is 0.252. The highest BCUT2D eigenvalue weighted by atomic mass is 16.6. The van der Waals surface area contributed by atoms with E-state index in [1.165, 1.54) is 0 Å². The normalized spacial score (nSPS) is 13.4. The van der Waals surface area contributed by atoms with Crippen molar-refractivity contribution in [2.24, 2.45) is 5.10 Å². The van der Waals surface area contributed by atoms with Gasteiger partial charge in [0.15, 0.2) is 5.82 Å². The maximum absolute atomic E-state index is 12.4. The summed E-state index contributed by atoms with van der Waals surface area (Å²) < 4.78 is 5.28. The van der Waals surface area contributed by atoms with Gasteiger partial charge in [0.25, 0.3) is 5.91 Å². The van der Waals surface area contributed by atoms with Crippen LogP contribution in [0.5, 0.6) is 0 Å². The molecule has 2 aromatic heterocycles. The Morgan fingerprint density at radius 3 is 2.78 bits per heavy atom. The Labute approximate surface area is 154 Å². The van der Waals surface area contributed by atoms with Crippen molar-refractivity contribution in [3.05, 3.63) is 35.7 Å². The minimum absolute atomic E-state index is 0.368. The minimum Gasteiger partial charge on any atom is -0.444 e. The van der Waals surface area contributed by atoms with Gasteiger partial charge >= 0.3 is 6.09 Å². The second kappa shape index (κ2) is 5.97. The first kappa shape index (κ1) is 16.8. The van der Waals surface area contributed by atoms with Crippen LogP contribution in [0, 0.1) is 0 Å². The fourth-order valence-corrected chi connectivity index (χ4v) is 2.96. The van der Waals surface area contributed by atoms with Crippen LogP contribution in [0.15, 0.2) is 29.6 Å². The number of hydrogen-bond donors (Lipinski definition) is 4. The molecule has 0 atom stereocenters. The third kappa shape index (κ3) is 3.14. The van der Waals surface area contributed by atoms with Crippen LogP contribution in [-0.2, 0) is 4.74 Å². The number of ether oxygens (including phenoxy) is 1. The van der Waals surface area contributed by atoms with Gasteiger partial charge in [-0.2, -0.15) is 5.10 Å². The molecule has 0 radical (unpaired) electrons. The highest BCUT2D eigenvalue weighted by Gasteiger charge is 2.24. The Bertz CT molecular complexity index is 1070. The van der Waals surface area contributed by atoms with Crippen LogP contribution in [0.3, 0.4) is 0 Å². The number of nitrogens with zero attached hydrogens (tertiary/aromatic N) is 2. The van der Waals surface area contributed by atoms with Gasteiger partial charge in [-0.05, 0) is 32.9 Å². The van der Waals surface area contributed by atoms with Gasteiger partial charge in [0.1, 0.15) is 5.60 Å². The van der Waals surface area contributed by atoms with Crippen LogP contribution in [0.1, 0.15) is 36.7 Å². The summed E-state index contributed by atoms with van der Waals surface area (Å²) in [6.07, 6.45) is 4.33. The van der Waals surface area contributed by atoms with Gasteiger partial charge in [-0.25, -0.2) is 15.2 Å². The first-order valence-corrected chi connectivity index (χ1v) is 8.35. The van der Waals surface area contributed by atoms with Gasteiger partial charge in [-0.15, -0.1) is 0 Å². The fourth-order valence-electron chi connectivity index (χ4n) is 2.96. The quantitative estimate of drug-likeness (QED) is 0.556. The van der Waals surface area contributed by atoms with E-state index in [4.69, 9.17) is 4.74 Å². The summed E-state index contributed by atoms with van der Waals surface area (Å²) in [5.41, 5.74) is 4.77. The Morgan fingerprint density at radius 2 is 2.07 bits per heavy atom. The molecule has 27 heavy (non-hydrogen) atoms. The Hall–Kier alpha value is -3.62. The van der Waals surface area contributed by atoms with E-state index in [0.29, 0.717) is 33.7 Å². The molecular weight excluding hydrogens is 348 g/mol. The van der Waals surface area contributed by atoms with Gasteiger partial charge in [0.05, 0.1) is 17.5 Å². The molecule has 9 heteroatoms. The van der Waals surface area contributed by atoms with Crippen molar-refractivity contribution in [1.82, 2.24) is 20.4 Å². The molecule has 138 valence electrons. The predicted molar refractivity (Wildman–Crippen MR) is 101 cm³/mol. The van der Waals surface area contributed by atoms with Crippen molar-refractivity contribution in [2.75, 3.05) is 5.32 Å². The number of amides is 2. The molecule has 2 amide bonds. The number of nitrogens with one attached hydrogen (secondary N) is 4. The van der Waals surface area contributed by atoms with Crippen molar-refractivity contribution in [3.8, 4) is 11.5 Å². The molecule has 0 saturated heterocycles. The number of carbonyl (C=O) groups excluding carboxylic acids is 2. The molecule has 0 aliphatic carbocycles. The number of aromatic nitrogens is 3. The number of aromatic amines is 2. The summed E-state index contributed by atoms with van der Waals surface area (Å²) in [7, 11) is 0. The zero-order valence-electron chi connectivity index (χ0n) is 15.0. The number of hydrazone groups is 1. The molecule has 1 aliphatic heterocycles. The molecule has 1 aromatic carbocycles. The number of rotatable bonds is 2. The maximum atomic E-state index is 12.4. The van der Waals surface area contributed by atoms with Crippen molar-refractivity contribution in [1.29, 1.82) is 0 Å². The third-order valence-corrected chi connectivity index (χ3v) is 3.92. The molecule has 0 unspecified atom stereocenters. The van der Waals surface area contributed by atoms with Crippen molar-refractivity contribution < 1.29 is 14.3 Å². The Kier molecular flexibility index (Phi) is 3.72. The standard InChI is InChI=1S/C18H18N6O3/c1-18(2,3)27-17(26)22-9-6-10-13-11(8-21-24-16(10)25)14(23-12(13)7-9)15-19-4-5-20-15/h4-8,23H,1-3H3,(H,19,20)(H,22,26)(H,24,25). The molecule has 9 nitrogen and oxygen atoms in total. The summed E-state index contributed by atoms with van der Waals surface area (Å²) in [6.45, 7) is 5.34. The van der Waals surface area contributed by atoms with Gasteiger partial charge in [0, 0.05) is 34.5 Å². The molecular formula is C18H18N6O3. The van der Waals surface area contributed by atoms with Crippen molar-refractivity contribution >= 4 is 34.8 Å². The van der Waals surface area contributed by atoms with E-state index in [1.807, 2.05) is 0 Å². The van der Waals surface area contributed by atoms with Crippen LogP contribution in [0.2, 0.25) is 0 Å². The predicted octanol–water partition coefficient (Wildman–Crippen LogP) is 2.98. The summed E-state index contributed by atoms with van der Waals surface area (Å²) >= 11 is 0. The molecule has 4 N–H and O–H groups in total. The van der Waals surface area contributed by atoms with E-state index in [0.717, 1.165) is 5.56 Å². The zero-order valence-corrected chi connectivity index (χ0v) is 15.0. The van der Waals surface area contributed by atoms with Gasteiger partial charge in [0.2, 0.25) is 0 Å². The van der Waals surface area contributed by atoms with Crippen LogP contribution < -0.4 is 10.7 Å².